The maximum absolute atomic E-state index is 13.8. The molecular formula is C89H127F5N8O9S2. The van der Waals surface area contributed by atoms with Gasteiger partial charge in [0.1, 0.15) is 21.6 Å². The molecule has 0 bridgehead atoms. The van der Waals surface area contributed by atoms with E-state index >= 15 is 0 Å². The second kappa shape index (κ2) is 48.0. The minimum atomic E-state index is -3.08. The fourth-order valence-electron chi connectivity index (χ4n) is 13.4. The van der Waals surface area contributed by atoms with Crippen molar-refractivity contribution >= 4 is 67.4 Å². The highest BCUT2D eigenvalue weighted by Crippen LogP contribution is 2.41. The molecule has 0 spiro atoms. The molecule has 4 saturated heterocycles. The monoisotopic (exact) mass is 1610 g/mol. The average Bonchev–Trinajstić information content (AvgIpc) is 1.64. The lowest BCUT2D eigenvalue weighted by molar-refractivity contribution is -0.121. The summed E-state index contributed by atoms with van der Waals surface area (Å²) in [6.45, 7) is 39.6. The van der Waals surface area contributed by atoms with Gasteiger partial charge in [0.25, 0.3) is 11.8 Å². The van der Waals surface area contributed by atoms with E-state index in [0.29, 0.717) is 49.2 Å². The number of halogens is 5. The Balaban J connectivity index is 0.000000183. The summed E-state index contributed by atoms with van der Waals surface area (Å²) in [6.07, 6.45) is 9.11. The lowest BCUT2D eigenvalue weighted by atomic mass is 10.0. The van der Waals surface area contributed by atoms with Gasteiger partial charge in [-0.3, -0.25) is 9.59 Å². The third-order valence-corrected chi connectivity index (χ3v) is 20.8. The van der Waals surface area contributed by atoms with Gasteiger partial charge in [-0.05, 0) is 194 Å². The topological polar surface area (TPSA) is 143 Å². The van der Waals surface area contributed by atoms with Gasteiger partial charge in [-0.1, -0.05) is 133 Å². The molecule has 0 saturated carbocycles. The number of pyridine rings is 1. The molecule has 2 amide bonds. The van der Waals surface area contributed by atoms with Gasteiger partial charge in [-0.2, -0.15) is 17.6 Å². The number of thiophene rings is 2. The first-order valence-electron chi connectivity index (χ1n) is 40.4. The minimum Gasteiger partial charge on any atom is -0.481 e. The van der Waals surface area contributed by atoms with E-state index in [0.717, 1.165) is 161 Å². The van der Waals surface area contributed by atoms with Crippen molar-refractivity contribution in [3.63, 3.8) is 0 Å². The van der Waals surface area contributed by atoms with E-state index in [1.807, 2.05) is 38.2 Å². The van der Waals surface area contributed by atoms with E-state index in [1.54, 1.807) is 46.8 Å². The van der Waals surface area contributed by atoms with Crippen molar-refractivity contribution in [1.29, 1.82) is 0 Å². The molecule has 624 valence electrons. The van der Waals surface area contributed by atoms with Gasteiger partial charge in [0.15, 0.2) is 36.2 Å². The first kappa shape index (κ1) is 92.4. The molecule has 6 aliphatic heterocycles. The molecule has 0 unspecified atom stereocenters. The van der Waals surface area contributed by atoms with Crippen LogP contribution in [0.3, 0.4) is 0 Å². The fraction of sp³-hybridized carbons (Fsp3) is 0.562. The summed E-state index contributed by atoms with van der Waals surface area (Å²) in [4.78, 5) is 42.8. The molecule has 0 atom stereocenters. The third kappa shape index (κ3) is 33.6. The van der Waals surface area contributed by atoms with Gasteiger partial charge in [-0.25, -0.2) is 9.37 Å². The van der Waals surface area contributed by atoms with Crippen LogP contribution in [0.5, 0.6) is 23.0 Å². The largest absolute Gasteiger partial charge is 0.481 e. The summed E-state index contributed by atoms with van der Waals surface area (Å²) in [5, 5.41) is 4.61. The number of nitrogens with zero attached hydrogens (tertiary/aromatic N) is 7. The van der Waals surface area contributed by atoms with Crippen LogP contribution in [-0.4, -0.2) is 167 Å². The zero-order chi connectivity index (χ0) is 82.1. The van der Waals surface area contributed by atoms with Gasteiger partial charge < -0.3 is 67.9 Å². The van der Waals surface area contributed by atoms with E-state index in [9.17, 15) is 31.5 Å². The number of nitrogens with one attached hydrogen (secondary N) is 1. The predicted molar refractivity (Wildman–Crippen MR) is 453 cm³/mol. The molecule has 9 heterocycles. The van der Waals surface area contributed by atoms with Crippen molar-refractivity contribution in [2.24, 2.45) is 41.4 Å². The van der Waals surface area contributed by atoms with Crippen LogP contribution < -0.4 is 48.8 Å². The quantitative estimate of drug-likeness (QED) is 0.0643. The van der Waals surface area contributed by atoms with Crippen LogP contribution in [0.4, 0.5) is 54.8 Å². The molecule has 7 aromatic rings. The Hall–Kier alpha value is -7.74. The fourth-order valence-corrected chi connectivity index (χ4v) is 15.9. The molecule has 0 radical (unpaired) electrons. The second-order valence-electron chi connectivity index (χ2n) is 32.3. The molecule has 3 aromatic heterocycles. The smallest absolute Gasteiger partial charge is 0.387 e. The van der Waals surface area contributed by atoms with E-state index < -0.39 is 19.0 Å². The van der Waals surface area contributed by atoms with Crippen LogP contribution in [0, 0.1) is 47.2 Å². The normalized spacial score (nSPS) is 15.6. The third-order valence-electron chi connectivity index (χ3n) is 18.6. The zero-order valence-electron chi connectivity index (χ0n) is 69.9. The number of anilines is 6. The number of likely N-dealkylation sites (N-methyl/N-ethyl adjacent to an activating group) is 2. The van der Waals surface area contributed by atoms with Crippen LogP contribution in [0.2, 0.25) is 0 Å². The number of rotatable bonds is 22. The molecule has 17 nitrogen and oxygen atoms in total. The van der Waals surface area contributed by atoms with Crippen LogP contribution in [0.25, 0.3) is 0 Å². The zero-order valence-corrected chi connectivity index (χ0v) is 71.5. The number of hydrogen-bond acceptors (Lipinski definition) is 17. The first-order valence-corrected chi connectivity index (χ1v) is 42.0. The number of carbonyl (C=O) groups is 2. The molecule has 113 heavy (non-hydrogen) atoms. The standard InChI is InChI=1S/C15H24N2.C14H20FNO.C14H21NO.C13H20N2O.C12H14F4O2.C11H15NO2S.C10H13NO2S/c1-13(2)11-14-5-4-6-15(12-14)17-9-7-16(3)8-10-17;1-11(2)9-12-3-4-13(15)14(10-12)16-5-7-17-8-6-16;1-12(2)10-13-4-3-5-14(11-13)15-6-8-16-9-7-15;1-11(2)9-12-3-4-14-13(10-12)15-5-7-16-8-6-15;1-7(2)5-8-3-4-9(17-11(13)14)10(6-8)18-12(15)16;1-7(2)4-8-5-9-11(15-8)12(3)10(13)6-14-9;1-6(2)3-7-4-8-10(14-7)11-9(12)5-13-8/h4-6,12-13H,7-11H2,1-3H3;3-4,10-11H,5-9H2,1-2H3;3-5,11-12H,6-10H2,1-2H3;3-4,10-11H,5-9H2,1-2H3;3-4,6-7,11-12H,5H2,1-2H3;5,7H,4,6H2,1-3H3;4,6H,3,5H2,1-2H3,(H,11,12). The molecule has 13 rings (SSSR count). The number of amides is 2. The van der Waals surface area contributed by atoms with Crippen LogP contribution in [0.1, 0.15) is 135 Å². The number of alkyl halides is 4. The number of ether oxygens (including phenoxy) is 7. The minimum absolute atomic E-state index is 0.0282. The van der Waals surface area contributed by atoms with Crippen molar-refractivity contribution in [3.05, 3.63) is 159 Å². The van der Waals surface area contributed by atoms with Crippen molar-refractivity contribution in [3.8, 4) is 23.0 Å². The molecule has 4 fully saturated rings. The number of piperazine rings is 1. The molecule has 1 N–H and O–H groups in total. The van der Waals surface area contributed by atoms with E-state index in [4.69, 9.17) is 23.7 Å². The Bertz CT molecular complexity index is 3860. The predicted octanol–water partition coefficient (Wildman–Crippen LogP) is 19.0. The number of benzene rings is 4. The summed E-state index contributed by atoms with van der Waals surface area (Å²) in [6, 6.07) is 35.9. The lowest BCUT2D eigenvalue weighted by Gasteiger charge is -2.34. The van der Waals surface area contributed by atoms with E-state index in [1.165, 1.54) is 75.0 Å². The van der Waals surface area contributed by atoms with Gasteiger partial charge in [-0.15, -0.1) is 22.7 Å². The maximum atomic E-state index is 13.8. The summed E-state index contributed by atoms with van der Waals surface area (Å²) in [5.74, 6) is 6.18. The highest BCUT2D eigenvalue weighted by atomic mass is 32.1. The summed E-state index contributed by atoms with van der Waals surface area (Å²) >= 11 is 3.27. The summed E-state index contributed by atoms with van der Waals surface area (Å²) < 4.78 is 97.3. The van der Waals surface area contributed by atoms with E-state index in [2.05, 4.69) is 201 Å². The maximum Gasteiger partial charge on any atom is 0.387 e. The van der Waals surface area contributed by atoms with Gasteiger partial charge in [0.2, 0.25) is 0 Å². The lowest BCUT2D eigenvalue weighted by Crippen LogP contribution is -2.44. The Morgan fingerprint density at radius 1 is 0.442 bits per heavy atom. The van der Waals surface area contributed by atoms with Crippen molar-refractivity contribution in [1.82, 2.24) is 9.88 Å². The number of hydrogen-bond donors (Lipinski definition) is 1. The van der Waals surface area contributed by atoms with Gasteiger partial charge in [0, 0.05) is 99.8 Å². The highest BCUT2D eigenvalue weighted by molar-refractivity contribution is 7.17. The Morgan fingerprint density at radius 3 is 1.39 bits per heavy atom. The van der Waals surface area contributed by atoms with Crippen LogP contribution in [-0.2, 0) is 68.7 Å². The number of fused-ring (bicyclic) bond motifs is 2. The average molecular weight is 1610 g/mol. The summed E-state index contributed by atoms with van der Waals surface area (Å²) in [7, 11) is 4.01. The van der Waals surface area contributed by atoms with Gasteiger partial charge in [0.05, 0.1) is 45.3 Å². The Morgan fingerprint density at radius 2 is 0.876 bits per heavy atom. The number of carbonyl (C=O) groups excluding carboxylic acids is 2. The molecule has 6 aliphatic rings. The second-order valence-corrected chi connectivity index (χ2v) is 34.6. The number of aromatic nitrogens is 1. The van der Waals surface area contributed by atoms with Crippen molar-refractivity contribution in [2.75, 3.05) is 162 Å². The van der Waals surface area contributed by atoms with Crippen molar-refractivity contribution < 1.29 is 64.7 Å². The summed E-state index contributed by atoms with van der Waals surface area (Å²) in [5.41, 5.74) is 9.70. The number of morpholine rings is 3. The first-order chi connectivity index (χ1) is 53.9. The molecule has 24 heteroatoms. The SMILES string of the molecule is CC(C)Cc1cc2c(s1)N(C)C(=O)CO2.CC(C)Cc1cc2c(s1)NC(=O)CO2.CC(C)Cc1ccc(F)c(N2CCOCC2)c1.CC(C)Cc1ccc(OC(F)F)c(OC(F)F)c1.CC(C)Cc1cccc(N2CCN(C)CC2)c1.CC(C)Cc1cccc(N2CCOCC2)c1.CC(C)Cc1ccnc(N2CCOCC2)c1. The highest BCUT2D eigenvalue weighted by Gasteiger charge is 2.27. The van der Waals surface area contributed by atoms with Crippen LogP contribution in [0.15, 0.2) is 115 Å². The molecule has 0 aliphatic carbocycles. The van der Waals surface area contributed by atoms with Gasteiger partial charge >= 0.3 is 13.2 Å². The van der Waals surface area contributed by atoms with Crippen LogP contribution >= 0.6 is 22.7 Å². The molecular weight excluding hydrogens is 1480 g/mol. The Labute approximate surface area is 678 Å². The van der Waals surface area contributed by atoms with Crippen molar-refractivity contribution in [2.45, 2.75) is 155 Å². The van der Waals surface area contributed by atoms with E-state index in [-0.39, 0.29) is 36.6 Å². The Kier molecular flexibility index (Phi) is 39.2. The molecule has 4 aromatic carbocycles.